The molecule has 0 saturated heterocycles. The SMILES string of the molecule is C=C(C)Oc1cccc2c1C(=O)C=CC21Oc2cccc3cccc(c23)O1. The number of allylic oxidation sites excluding steroid dienone is 2. The van der Waals surface area contributed by atoms with Crippen molar-refractivity contribution < 1.29 is 19.0 Å². The summed E-state index contributed by atoms with van der Waals surface area (Å²) in [5.41, 5.74) is 1.04. The Kier molecular flexibility index (Phi) is 3.19. The molecule has 0 saturated carbocycles. The van der Waals surface area contributed by atoms with E-state index in [9.17, 15) is 4.79 Å². The molecule has 0 radical (unpaired) electrons. The topological polar surface area (TPSA) is 44.8 Å². The lowest BCUT2D eigenvalue weighted by molar-refractivity contribution is -0.0840. The largest absolute Gasteiger partial charge is 0.462 e. The maximum atomic E-state index is 12.6. The maximum Gasteiger partial charge on any atom is 0.299 e. The number of hydrogen-bond donors (Lipinski definition) is 0. The molecule has 0 atom stereocenters. The number of ether oxygens (including phenoxy) is 3. The molecule has 0 N–H and O–H groups in total. The summed E-state index contributed by atoms with van der Waals surface area (Å²) in [7, 11) is 0. The van der Waals surface area contributed by atoms with Crippen LogP contribution in [0.4, 0.5) is 0 Å². The zero-order chi connectivity index (χ0) is 18.6. The van der Waals surface area contributed by atoms with Gasteiger partial charge < -0.3 is 14.2 Å². The van der Waals surface area contributed by atoms with Crippen molar-refractivity contribution in [2.24, 2.45) is 0 Å². The first-order valence-corrected chi connectivity index (χ1v) is 8.68. The Morgan fingerprint density at radius 1 is 1.00 bits per heavy atom. The first kappa shape index (κ1) is 15.7. The van der Waals surface area contributed by atoms with Crippen LogP contribution in [0, 0.1) is 0 Å². The second kappa shape index (κ2) is 5.48. The molecule has 1 aliphatic heterocycles. The van der Waals surface area contributed by atoms with E-state index in [0.29, 0.717) is 34.1 Å². The van der Waals surface area contributed by atoms with Crippen molar-refractivity contribution in [3.8, 4) is 17.2 Å². The molecule has 0 fully saturated rings. The minimum absolute atomic E-state index is 0.156. The second-order valence-corrected chi connectivity index (χ2v) is 6.66. The van der Waals surface area contributed by atoms with Crippen LogP contribution in [-0.2, 0) is 5.79 Å². The van der Waals surface area contributed by atoms with Crippen LogP contribution < -0.4 is 14.2 Å². The highest BCUT2D eigenvalue weighted by molar-refractivity contribution is 6.09. The summed E-state index contributed by atoms with van der Waals surface area (Å²) < 4.78 is 18.3. The summed E-state index contributed by atoms with van der Waals surface area (Å²) in [6, 6.07) is 17.1. The van der Waals surface area contributed by atoms with Crippen LogP contribution >= 0.6 is 0 Å². The zero-order valence-electron chi connectivity index (χ0n) is 14.7. The van der Waals surface area contributed by atoms with Gasteiger partial charge in [-0.3, -0.25) is 4.79 Å². The summed E-state index contributed by atoms with van der Waals surface area (Å²) in [6.07, 6.45) is 3.14. The lowest BCUT2D eigenvalue weighted by Gasteiger charge is -2.39. The summed E-state index contributed by atoms with van der Waals surface area (Å²) in [5.74, 6) is 0.992. The van der Waals surface area contributed by atoms with Crippen LogP contribution in [0.3, 0.4) is 0 Å². The molecule has 5 rings (SSSR count). The fourth-order valence-electron chi connectivity index (χ4n) is 3.68. The molecule has 132 valence electrons. The molecule has 3 aromatic carbocycles. The van der Waals surface area contributed by atoms with Gasteiger partial charge in [-0.25, -0.2) is 0 Å². The second-order valence-electron chi connectivity index (χ2n) is 6.66. The molecule has 0 aromatic heterocycles. The van der Waals surface area contributed by atoms with Crippen LogP contribution in [0.1, 0.15) is 22.8 Å². The number of rotatable bonds is 2. The molecular formula is C23H16O4. The first-order chi connectivity index (χ1) is 13.1. The number of benzene rings is 3. The summed E-state index contributed by atoms with van der Waals surface area (Å²) in [5, 5.41) is 1.96. The first-order valence-electron chi connectivity index (χ1n) is 8.68. The fraction of sp³-hybridized carbons (Fsp3) is 0.0870. The molecule has 4 nitrogen and oxygen atoms in total. The van der Waals surface area contributed by atoms with E-state index in [1.54, 1.807) is 19.1 Å². The summed E-state index contributed by atoms with van der Waals surface area (Å²) in [6.45, 7) is 5.51. The van der Waals surface area contributed by atoms with E-state index in [1.807, 2.05) is 48.5 Å². The van der Waals surface area contributed by atoms with Crippen molar-refractivity contribution in [2.45, 2.75) is 12.7 Å². The van der Waals surface area contributed by atoms with E-state index in [4.69, 9.17) is 14.2 Å². The Morgan fingerprint density at radius 2 is 1.67 bits per heavy atom. The van der Waals surface area contributed by atoms with Crippen LogP contribution in [0.15, 0.2) is 79.1 Å². The molecule has 1 heterocycles. The van der Waals surface area contributed by atoms with E-state index >= 15 is 0 Å². The minimum atomic E-state index is -1.22. The monoisotopic (exact) mass is 356 g/mol. The van der Waals surface area contributed by atoms with Gasteiger partial charge in [-0.15, -0.1) is 0 Å². The van der Waals surface area contributed by atoms with Gasteiger partial charge >= 0.3 is 0 Å². The van der Waals surface area contributed by atoms with E-state index < -0.39 is 5.79 Å². The molecule has 0 amide bonds. The summed E-state index contributed by atoms with van der Waals surface area (Å²) >= 11 is 0. The predicted molar refractivity (Wildman–Crippen MR) is 102 cm³/mol. The van der Waals surface area contributed by atoms with E-state index in [0.717, 1.165) is 10.8 Å². The van der Waals surface area contributed by atoms with Crippen molar-refractivity contribution in [3.63, 3.8) is 0 Å². The van der Waals surface area contributed by atoms with Crippen LogP contribution in [0.2, 0.25) is 0 Å². The van der Waals surface area contributed by atoms with Gasteiger partial charge in [0.2, 0.25) is 0 Å². The molecule has 27 heavy (non-hydrogen) atoms. The van der Waals surface area contributed by atoms with E-state index in [-0.39, 0.29) is 5.78 Å². The Labute approximate surface area is 156 Å². The highest BCUT2D eigenvalue weighted by atomic mass is 16.7. The van der Waals surface area contributed by atoms with Crippen LogP contribution in [0.5, 0.6) is 17.2 Å². The maximum absolute atomic E-state index is 12.6. The molecule has 1 aliphatic carbocycles. The van der Waals surface area contributed by atoms with Crippen molar-refractivity contribution in [2.75, 3.05) is 0 Å². The molecule has 4 heteroatoms. The predicted octanol–water partition coefficient (Wildman–Crippen LogP) is 5.13. The Hall–Kier alpha value is -3.53. The number of hydrogen-bond acceptors (Lipinski definition) is 4. The molecule has 1 spiro atoms. The third kappa shape index (κ3) is 2.27. The van der Waals surface area contributed by atoms with E-state index in [1.165, 1.54) is 6.08 Å². The molecule has 2 aliphatic rings. The van der Waals surface area contributed by atoms with Crippen LogP contribution in [-0.4, -0.2) is 5.78 Å². The van der Waals surface area contributed by atoms with Gasteiger partial charge in [-0.2, -0.15) is 0 Å². The van der Waals surface area contributed by atoms with Gasteiger partial charge in [0.1, 0.15) is 17.2 Å². The van der Waals surface area contributed by atoms with Gasteiger partial charge in [0, 0.05) is 6.08 Å². The number of ketones is 1. The average Bonchev–Trinajstić information content (AvgIpc) is 2.65. The zero-order valence-corrected chi connectivity index (χ0v) is 14.7. The van der Waals surface area contributed by atoms with Crippen LogP contribution in [0.25, 0.3) is 10.8 Å². The Morgan fingerprint density at radius 3 is 2.33 bits per heavy atom. The molecular weight excluding hydrogens is 340 g/mol. The highest BCUT2D eigenvalue weighted by Gasteiger charge is 2.45. The molecule has 3 aromatic rings. The number of carbonyl (C=O) groups is 1. The van der Waals surface area contributed by atoms with Gasteiger partial charge in [-0.1, -0.05) is 36.9 Å². The number of fused-ring (bicyclic) bond motifs is 2. The lowest BCUT2D eigenvalue weighted by Crippen LogP contribution is -2.42. The standard InChI is InChI=1S/C23H16O4/c1-14(2)25-18-9-5-8-16-22(18)17(24)12-13-23(16)26-19-10-3-6-15-7-4-11-20(27-23)21(15)19/h3-13H,1H2,2H3. The van der Waals surface area contributed by atoms with E-state index in [2.05, 4.69) is 6.58 Å². The summed E-state index contributed by atoms with van der Waals surface area (Å²) in [4.78, 5) is 12.6. The van der Waals surface area contributed by atoms with Crippen molar-refractivity contribution in [3.05, 3.63) is 90.2 Å². The van der Waals surface area contributed by atoms with Gasteiger partial charge in [-0.05, 0) is 42.7 Å². The average molecular weight is 356 g/mol. The molecule has 0 bridgehead atoms. The molecule has 0 unspecified atom stereocenters. The third-order valence-corrected chi connectivity index (χ3v) is 4.74. The third-order valence-electron chi connectivity index (χ3n) is 4.74. The minimum Gasteiger partial charge on any atom is -0.462 e. The Bertz CT molecular complexity index is 1120. The van der Waals surface area contributed by atoms with Gasteiger partial charge in [0.15, 0.2) is 5.78 Å². The fourth-order valence-corrected chi connectivity index (χ4v) is 3.68. The van der Waals surface area contributed by atoms with Crippen molar-refractivity contribution in [1.82, 2.24) is 0 Å². The highest BCUT2D eigenvalue weighted by Crippen LogP contribution is 2.48. The lowest BCUT2D eigenvalue weighted by atomic mass is 9.89. The smallest absolute Gasteiger partial charge is 0.299 e. The normalized spacial score (nSPS) is 15.8. The quantitative estimate of drug-likeness (QED) is 0.597. The number of carbonyl (C=O) groups excluding carboxylic acids is 1. The van der Waals surface area contributed by atoms with Crippen molar-refractivity contribution in [1.29, 1.82) is 0 Å². The van der Waals surface area contributed by atoms with Gasteiger partial charge in [0.05, 0.1) is 22.3 Å². The van der Waals surface area contributed by atoms with Crippen molar-refractivity contribution >= 4 is 16.6 Å². The van der Waals surface area contributed by atoms with Gasteiger partial charge in [0.25, 0.3) is 5.79 Å². The Balaban J connectivity index is 1.73.